The number of ether oxygens (including phenoxy) is 1. The number of rotatable bonds is 7. The van der Waals surface area contributed by atoms with E-state index < -0.39 is 0 Å². The molecule has 178 valence electrons. The molecule has 1 saturated heterocycles. The van der Waals surface area contributed by atoms with Gasteiger partial charge in [-0.3, -0.25) is 9.80 Å². The van der Waals surface area contributed by atoms with Gasteiger partial charge in [0.25, 0.3) is 0 Å². The molecule has 3 aromatic rings. The lowest BCUT2D eigenvalue weighted by Crippen LogP contribution is -2.33. The van der Waals surface area contributed by atoms with Crippen molar-refractivity contribution in [2.24, 2.45) is 0 Å². The van der Waals surface area contributed by atoms with Crippen LogP contribution in [0.1, 0.15) is 46.6 Å². The number of methoxy groups -OCH3 is 1. The summed E-state index contributed by atoms with van der Waals surface area (Å²) >= 11 is 0. The Morgan fingerprint density at radius 2 is 1.68 bits per heavy atom. The molecule has 1 fully saturated rings. The number of likely N-dealkylation sites (tertiary alicyclic amines) is 1. The monoisotopic (exact) mass is 460 g/mol. The molecule has 0 bridgehead atoms. The highest BCUT2D eigenvalue weighted by Crippen LogP contribution is 2.32. The molecule has 1 heterocycles. The Morgan fingerprint density at radius 1 is 0.971 bits per heavy atom. The Kier molecular flexibility index (Phi) is 7.96. The first-order valence-electron chi connectivity index (χ1n) is 11.9. The number of aryl methyl sites for hydroxylation is 1. The lowest BCUT2D eigenvalue weighted by Gasteiger charge is -2.34. The highest BCUT2D eigenvalue weighted by Gasteiger charge is 2.24. The van der Waals surface area contributed by atoms with Crippen LogP contribution in [0.3, 0.4) is 0 Å². The van der Waals surface area contributed by atoms with Crippen LogP contribution in [0.4, 0.5) is 9.18 Å². The molecule has 1 aliphatic rings. The van der Waals surface area contributed by atoms with E-state index in [0.29, 0.717) is 19.0 Å². The standard InChI is InChI=1S/C29H33FN2O2/c1-22-8-11-26(21-32(29(33)34-2)20-23-6-4-3-5-7-23)28(18-22)25-14-16-31(17-15-25)19-24-9-12-27(30)13-10-24/h3-13,18,25H,14-17,19-21H2,1-2H3. The zero-order chi connectivity index (χ0) is 23.9. The van der Waals surface area contributed by atoms with Crippen LogP contribution in [0.15, 0.2) is 72.8 Å². The van der Waals surface area contributed by atoms with Crippen molar-refractivity contribution >= 4 is 6.09 Å². The molecule has 0 aromatic heterocycles. The molecule has 0 N–H and O–H groups in total. The second-order valence-corrected chi connectivity index (χ2v) is 9.19. The lowest BCUT2D eigenvalue weighted by molar-refractivity contribution is 0.117. The van der Waals surface area contributed by atoms with Gasteiger partial charge in [0.2, 0.25) is 0 Å². The molecule has 34 heavy (non-hydrogen) atoms. The summed E-state index contributed by atoms with van der Waals surface area (Å²) in [5.74, 6) is 0.262. The summed E-state index contributed by atoms with van der Waals surface area (Å²) in [7, 11) is 1.44. The fourth-order valence-corrected chi connectivity index (χ4v) is 4.81. The third kappa shape index (κ3) is 6.23. The summed E-state index contributed by atoms with van der Waals surface area (Å²) in [6.45, 7) is 6.00. The molecule has 0 saturated carbocycles. The van der Waals surface area contributed by atoms with Gasteiger partial charge >= 0.3 is 6.09 Å². The van der Waals surface area contributed by atoms with Crippen molar-refractivity contribution in [3.8, 4) is 0 Å². The van der Waals surface area contributed by atoms with E-state index in [1.807, 2.05) is 42.5 Å². The van der Waals surface area contributed by atoms with Crippen molar-refractivity contribution in [3.05, 3.63) is 106 Å². The molecule has 4 rings (SSSR count). The number of carbonyl (C=O) groups excluding carboxylic acids is 1. The van der Waals surface area contributed by atoms with Crippen LogP contribution < -0.4 is 0 Å². The van der Waals surface area contributed by atoms with Crippen LogP contribution in [-0.4, -0.2) is 36.1 Å². The van der Waals surface area contributed by atoms with Gasteiger partial charge in [-0.1, -0.05) is 66.2 Å². The predicted molar refractivity (Wildman–Crippen MR) is 133 cm³/mol. The quantitative estimate of drug-likeness (QED) is 0.416. The topological polar surface area (TPSA) is 32.8 Å². The largest absolute Gasteiger partial charge is 0.453 e. The number of hydrogen-bond donors (Lipinski definition) is 0. The number of amides is 1. The molecule has 1 aliphatic heterocycles. The van der Waals surface area contributed by atoms with Gasteiger partial charge in [-0.05, 0) is 73.2 Å². The molecular formula is C29H33FN2O2. The number of benzene rings is 3. The fourth-order valence-electron chi connectivity index (χ4n) is 4.81. The maximum absolute atomic E-state index is 13.2. The Labute approximate surface area is 202 Å². The molecule has 0 unspecified atom stereocenters. The van der Waals surface area contributed by atoms with Gasteiger partial charge in [0, 0.05) is 19.6 Å². The molecule has 1 amide bonds. The molecule has 3 aromatic carbocycles. The molecule has 0 aliphatic carbocycles. The van der Waals surface area contributed by atoms with Gasteiger partial charge in [-0.25, -0.2) is 9.18 Å². The number of hydrogen-bond acceptors (Lipinski definition) is 3. The highest BCUT2D eigenvalue weighted by atomic mass is 19.1. The second-order valence-electron chi connectivity index (χ2n) is 9.19. The van der Waals surface area contributed by atoms with E-state index >= 15 is 0 Å². The van der Waals surface area contributed by atoms with Gasteiger partial charge < -0.3 is 4.74 Å². The van der Waals surface area contributed by atoms with Crippen LogP contribution in [0, 0.1) is 12.7 Å². The van der Waals surface area contributed by atoms with E-state index in [1.165, 1.54) is 35.9 Å². The van der Waals surface area contributed by atoms with Crippen LogP contribution in [0.25, 0.3) is 0 Å². The van der Waals surface area contributed by atoms with Crippen LogP contribution >= 0.6 is 0 Å². The summed E-state index contributed by atoms with van der Waals surface area (Å²) in [4.78, 5) is 16.8. The first kappa shape index (κ1) is 24.0. The molecular weight excluding hydrogens is 427 g/mol. The van der Waals surface area contributed by atoms with Crippen LogP contribution in [-0.2, 0) is 24.4 Å². The second kappa shape index (κ2) is 11.3. The number of nitrogens with zero attached hydrogens (tertiary/aromatic N) is 2. The van der Waals surface area contributed by atoms with Crippen molar-refractivity contribution in [1.82, 2.24) is 9.80 Å². The van der Waals surface area contributed by atoms with Crippen molar-refractivity contribution in [2.45, 2.75) is 45.3 Å². The molecule has 0 radical (unpaired) electrons. The first-order chi connectivity index (χ1) is 16.5. The van der Waals surface area contributed by atoms with Gasteiger partial charge in [0.1, 0.15) is 5.82 Å². The summed E-state index contributed by atoms with van der Waals surface area (Å²) < 4.78 is 18.3. The molecule has 4 nitrogen and oxygen atoms in total. The Bertz CT molecular complexity index is 1080. The zero-order valence-electron chi connectivity index (χ0n) is 20.0. The molecule has 5 heteroatoms. The maximum Gasteiger partial charge on any atom is 0.410 e. The van der Waals surface area contributed by atoms with E-state index in [0.717, 1.165) is 43.6 Å². The lowest BCUT2D eigenvalue weighted by atomic mass is 9.85. The van der Waals surface area contributed by atoms with Crippen LogP contribution in [0.2, 0.25) is 0 Å². The van der Waals surface area contributed by atoms with E-state index in [-0.39, 0.29) is 11.9 Å². The van der Waals surface area contributed by atoms with E-state index in [9.17, 15) is 9.18 Å². The average Bonchev–Trinajstić information content (AvgIpc) is 2.86. The van der Waals surface area contributed by atoms with Crippen molar-refractivity contribution in [2.75, 3.05) is 20.2 Å². The van der Waals surface area contributed by atoms with E-state index in [1.54, 1.807) is 4.90 Å². The summed E-state index contributed by atoms with van der Waals surface area (Å²) in [5, 5.41) is 0. The first-order valence-corrected chi connectivity index (χ1v) is 11.9. The minimum Gasteiger partial charge on any atom is -0.453 e. The van der Waals surface area contributed by atoms with Gasteiger partial charge in [-0.2, -0.15) is 0 Å². The summed E-state index contributed by atoms with van der Waals surface area (Å²) in [6, 6.07) is 23.4. The van der Waals surface area contributed by atoms with E-state index in [2.05, 4.69) is 30.0 Å². The molecule has 0 spiro atoms. The normalized spacial score (nSPS) is 14.7. The highest BCUT2D eigenvalue weighted by molar-refractivity contribution is 5.67. The minimum atomic E-state index is -0.315. The van der Waals surface area contributed by atoms with Gasteiger partial charge in [0.05, 0.1) is 7.11 Å². The predicted octanol–water partition coefficient (Wildman–Crippen LogP) is 6.28. The van der Waals surface area contributed by atoms with Crippen LogP contribution in [0.5, 0.6) is 0 Å². The third-order valence-electron chi connectivity index (χ3n) is 6.66. The minimum absolute atomic E-state index is 0.192. The summed E-state index contributed by atoms with van der Waals surface area (Å²) in [6.07, 6.45) is 1.81. The Hall–Kier alpha value is -3.18. The van der Waals surface area contributed by atoms with Gasteiger partial charge in [-0.15, -0.1) is 0 Å². The average molecular weight is 461 g/mol. The third-order valence-corrected chi connectivity index (χ3v) is 6.66. The van der Waals surface area contributed by atoms with E-state index in [4.69, 9.17) is 4.74 Å². The Balaban J connectivity index is 1.46. The number of halogens is 1. The SMILES string of the molecule is COC(=O)N(Cc1ccccc1)Cc1ccc(C)cc1C1CCN(Cc2ccc(F)cc2)CC1. The fraction of sp³-hybridized carbons (Fsp3) is 0.345. The maximum atomic E-state index is 13.2. The van der Waals surface area contributed by atoms with Crippen molar-refractivity contribution in [1.29, 1.82) is 0 Å². The Morgan fingerprint density at radius 3 is 2.35 bits per heavy atom. The smallest absolute Gasteiger partial charge is 0.410 e. The van der Waals surface area contributed by atoms with Crippen molar-refractivity contribution < 1.29 is 13.9 Å². The zero-order valence-corrected chi connectivity index (χ0v) is 20.0. The summed E-state index contributed by atoms with van der Waals surface area (Å²) in [5.41, 5.74) is 5.98. The van der Waals surface area contributed by atoms with Crippen molar-refractivity contribution in [3.63, 3.8) is 0 Å². The number of carbonyl (C=O) groups is 1. The molecule has 0 atom stereocenters. The van der Waals surface area contributed by atoms with Gasteiger partial charge in [0.15, 0.2) is 0 Å². The number of piperidine rings is 1.